The van der Waals surface area contributed by atoms with Gasteiger partial charge >= 0.3 is 0 Å². The van der Waals surface area contributed by atoms with Crippen molar-refractivity contribution >= 4 is 21.7 Å². The zero-order valence-electron chi connectivity index (χ0n) is 6.47. The quantitative estimate of drug-likeness (QED) is 0.753. The Balaban J connectivity index is 2.85. The molecule has 0 aliphatic rings. The Morgan fingerprint density at radius 2 is 2.45 bits per heavy atom. The number of halogens is 1. The molecule has 0 amide bonds. The molecule has 0 aliphatic carbocycles. The van der Waals surface area contributed by atoms with Crippen LogP contribution in [0.5, 0.6) is 0 Å². The number of aromatic nitrogens is 2. The van der Waals surface area contributed by atoms with E-state index in [1.165, 1.54) is 0 Å². The summed E-state index contributed by atoms with van der Waals surface area (Å²) in [6.45, 7) is 3.83. The molecule has 0 bridgehead atoms. The molecule has 0 spiro atoms. The molecular weight excluding hydrogens is 208 g/mol. The minimum Gasteiger partial charge on any atom is -0.298 e. The van der Waals surface area contributed by atoms with Gasteiger partial charge in [-0.2, -0.15) is 5.10 Å². The Bertz CT molecular complexity index is 280. The Morgan fingerprint density at radius 3 is 2.82 bits per heavy atom. The number of nitrogens with zero attached hydrogens (tertiary/aromatic N) is 2. The number of ketones is 1. The van der Waals surface area contributed by atoms with Crippen LogP contribution in [0.15, 0.2) is 10.7 Å². The maximum Gasteiger partial charge on any atom is 0.151 e. The zero-order valence-corrected chi connectivity index (χ0v) is 8.05. The van der Waals surface area contributed by atoms with Crippen LogP contribution in [0, 0.1) is 6.92 Å². The summed E-state index contributed by atoms with van der Waals surface area (Å²) in [6.07, 6.45) is 0. The molecule has 60 valence electrons. The summed E-state index contributed by atoms with van der Waals surface area (Å²) in [7, 11) is 0. The molecule has 0 saturated carbocycles. The molecule has 1 heterocycles. The van der Waals surface area contributed by atoms with E-state index in [0.717, 1.165) is 10.3 Å². The molecular formula is C7H9BrN2O. The van der Waals surface area contributed by atoms with Crippen LogP contribution in [-0.4, -0.2) is 15.6 Å². The van der Waals surface area contributed by atoms with E-state index in [-0.39, 0.29) is 5.78 Å². The maximum atomic E-state index is 10.7. The highest BCUT2D eigenvalue weighted by atomic mass is 79.9. The molecule has 0 unspecified atom stereocenters. The highest BCUT2D eigenvalue weighted by molar-refractivity contribution is 9.10. The highest BCUT2D eigenvalue weighted by Gasteiger charge is 2.02. The minimum absolute atomic E-state index is 0.115. The van der Waals surface area contributed by atoms with E-state index in [2.05, 4.69) is 21.0 Å². The van der Waals surface area contributed by atoms with Gasteiger partial charge in [-0.1, -0.05) is 0 Å². The van der Waals surface area contributed by atoms with Crippen LogP contribution in [0.25, 0.3) is 0 Å². The fourth-order valence-electron chi connectivity index (χ4n) is 0.841. The summed E-state index contributed by atoms with van der Waals surface area (Å²) < 4.78 is 2.45. The predicted molar refractivity (Wildman–Crippen MR) is 45.3 cm³/mol. The van der Waals surface area contributed by atoms with Crippen molar-refractivity contribution in [1.82, 2.24) is 9.78 Å². The predicted octanol–water partition coefficient (Wildman–Crippen LogP) is 1.54. The summed E-state index contributed by atoms with van der Waals surface area (Å²) in [4.78, 5) is 10.7. The average Bonchev–Trinajstić information content (AvgIpc) is 2.09. The summed E-state index contributed by atoms with van der Waals surface area (Å²) in [5, 5.41) is 4.06. The maximum absolute atomic E-state index is 10.7. The van der Waals surface area contributed by atoms with E-state index < -0.39 is 0 Å². The largest absolute Gasteiger partial charge is 0.298 e. The smallest absolute Gasteiger partial charge is 0.151 e. The second-order valence-corrected chi connectivity index (χ2v) is 3.28. The summed E-state index contributed by atoms with van der Waals surface area (Å²) >= 11 is 3.23. The van der Waals surface area contributed by atoms with Gasteiger partial charge in [-0.25, -0.2) is 0 Å². The Kier molecular flexibility index (Phi) is 2.44. The molecule has 3 nitrogen and oxygen atoms in total. The van der Waals surface area contributed by atoms with Crippen molar-refractivity contribution in [2.45, 2.75) is 20.4 Å². The second kappa shape index (κ2) is 3.17. The van der Waals surface area contributed by atoms with Crippen LogP contribution < -0.4 is 0 Å². The van der Waals surface area contributed by atoms with Crippen molar-refractivity contribution in [3.63, 3.8) is 0 Å². The third kappa shape index (κ3) is 2.15. The number of Topliss-reactive ketones (excluding diaryl/α,β-unsaturated/α-hetero) is 1. The van der Waals surface area contributed by atoms with Crippen LogP contribution >= 0.6 is 15.9 Å². The van der Waals surface area contributed by atoms with E-state index in [1.54, 1.807) is 11.6 Å². The standard InChI is InChI=1S/C7H9BrN2O/c1-5-3-7(8)9-10(5)4-6(2)11/h3H,4H2,1-2H3. The average molecular weight is 217 g/mol. The fraction of sp³-hybridized carbons (Fsp3) is 0.429. The second-order valence-electron chi connectivity index (χ2n) is 2.47. The van der Waals surface area contributed by atoms with Crippen LogP contribution in [0.4, 0.5) is 0 Å². The van der Waals surface area contributed by atoms with Gasteiger partial charge in [-0.05, 0) is 35.8 Å². The monoisotopic (exact) mass is 216 g/mol. The van der Waals surface area contributed by atoms with Gasteiger partial charge in [0, 0.05) is 5.69 Å². The van der Waals surface area contributed by atoms with Gasteiger partial charge in [-0.3, -0.25) is 9.48 Å². The topological polar surface area (TPSA) is 34.9 Å². The number of carbonyl (C=O) groups is 1. The highest BCUT2D eigenvalue weighted by Crippen LogP contribution is 2.08. The first-order valence-corrected chi connectivity index (χ1v) is 4.08. The van der Waals surface area contributed by atoms with Gasteiger partial charge in [0.2, 0.25) is 0 Å². The van der Waals surface area contributed by atoms with Crippen LogP contribution in [-0.2, 0) is 11.3 Å². The molecule has 0 radical (unpaired) electrons. The van der Waals surface area contributed by atoms with E-state index in [9.17, 15) is 4.79 Å². The lowest BCUT2D eigenvalue weighted by Crippen LogP contribution is -2.08. The van der Waals surface area contributed by atoms with Crippen molar-refractivity contribution in [2.24, 2.45) is 0 Å². The van der Waals surface area contributed by atoms with Crippen molar-refractivity contribution in [2.75, 3.05) is 0 Å². The van der Waals surface area contributed by atoms with Crippen LogP contribution in [0.2, 0.25) is 0 Å². The van der Waals surface area contributed by atoms with Crippen molar-refractivity contribution in [1.29, 1.82) is 0 Å². The lowest BCUT2D eigenvalue weighted by atomic mass is 10.4. The molecule has 1 aromatic heterocycles. The molecule has 4 heteroatoms. The van der Waals surface area contributed by atoms with Crippen molar-refractivity contribution in [3.8, 4) is 0 Å². The van der Waals surface area contributed by atoms with Crippen LogP contribution in [0.1, 0.15) is 12.6 Å². The lowest BCUT2D eigenvalue weighted by molar-refractivity contribution is -0.117. The van der Waals surface area contributed by atoms with Gasteiger partial charge in [0.15, 0.2) is 5.78 Å². The van der Waals surface area contributed by atoms with Crippen molar-refractivity contribution < 1.29 is 4.79 Å². The summed E-state index contributed by atoms with van der Waals surface area (Å²) in [6, 6.07) is 1.88. The number of hydrogen-bond donors (Lipinski definition) is 0. The normalized spacial score (nSPS) is 10.1. The summed E-state index contributed by atoms with van der Waals surface area (Å²) in [5.74, 6) is 0.115. The van der Waals surface area contributed by atoms with E-state index in [4.69, 9.17) is 0 Å². The molecule has 0 fully saturated rings. The number of hydrogen-bond acceptors (Lipinski definition) is 2. The van der Waals surface area contributed by atoms with Gasteiger partial charge in [0.25, 0.3) is 0 Å². The van der Waals surface area contributed by atoms with Crippen molar-refractivity contribution in [3.05, 3.63) is 16.4 Å². The van der Waals surface area contributed by atoms with Gasteiger partial charge in [-0.15, -0.1) is 0 Å². The molecule has 0 aliphatic heterocycles. The zero-order chi connectivity index (χ0) is 8.43. The third-order valence-corrected chi connectivity index (χ3v) is 1.71. The molecule has 1 aromatic rings. The Hall–Kier alpha value is -0.640. The van der Waals surface area contributed by atoms with E-state index in [0.29, 0.717) is 6.54 Å². The first kappa shape index (κ1) is 8.46. The molecule has 0 N–H and O–H groups in total. The van der Waals surface area contributed by atoms with Gasteiger partial charge in [0.05, 0.1) is 6.54 Å². The minimum atomic E-state index is 0.115. The van der Waals surface area contributed by atoms with Crippen LogP contribution in [0.3, 0.4) is 0 Å². The van der Waals surface area contributed by atoms with E-state index in [1.807, 2.05) is 13.0 Å². The number of aryl methyl sites for hydroxylation is 1. The number of carbonyl (C=O) groups excluding carboxylic acids is 1. The SMILES string of the molecule is CC(=O)Cn1nc(Br)cc1C. The fourth-order valence-corrected chi connectivity index (χ4v) is 1.36. The lowest BCUT2D eigenvalue weighted by Gasteiger charge is -1.98. The Labute approximate surface area is 73.5 Å². The molecule has 0 atom stereocenters. The molecule has 1 rings (SSSR count). The Morgan fingerprint density at radius 1 is 1.82 bits per heavy atom. The molecule has 0 aromatic carbocycles. The third-order valence-electron chi connectivity index (χ3n) is 1.32. The first-order valence-electron chi connectivity index (χ1n) is 3.29. The summed E-state index contributed by atoms with van der Waals surface area (Å²) in [5.41, 5.74) is 0.993. The first-order chi connectivity index (χ1) is 5.09. The van der Waals surface area contributed by atoms with Gasteiger partial charge in [0.1, 0.15) is 4.60 Å². The van der Waals surface area contributed by atoms with Gasteiger partial charge < -0.3 is 0 Å². The molecule has 11 heavy (non-hydrogen) atoms. The number of rotatable bonds is 2. The molecule has 0 saturated heterocycles. The van der Waals surface area contributed by atoms with E-state index >= 15 is 0 Å².